The van der Waals surface area contributed by atoms with Crippen LogP contribution in [0.3, 0.4) is 0 Å². The van der Waals surface area contributed by atoms with Crippen LogP contribution in [-0.2, 0) is 24.3 Å². The van der Waals surface area contributed by atoms with Gasteiger partial charge in [-0.05, 0) is 32.9 Å². The topological polar surface area (TPSA) is 105 Å². The molecule has 0 radical (unpaired) electrons. The molecular weight excluding hydrogens is 346 g/mol. The Morgan fingerprint density at radius 3 is 2.52 bits per heavy atom. The van der Waals surface area contributed by atoms with Gasteiger partial charge in [-0.2, -0.15) is 0 Å². The van der Waals surface area contributed by atoms with Gasteiger partial charge in [0.1, 0.15) is 11.9 Å². The Kier molecular flexibility index (Phi) is 5.78. The van der Waals surface area contributed by atoms with Crippen LogP contribution < -0.4 is 4.72 Å². The number of benzene rings is 1. The van der Waals surface area contributed by atoms with Gasteiger partial charge in [0.05, 0.1) is 4.90 Å². The predicted octanol–water partition coefficient (Wildman–Crippen LogP) is 0.525. The van der Waals surface area contributed by atoms with Crippen molar-refractivity contribution in [1.82, 2.24) is 9.62 Å². The number of rotatable bonds is 6. The van der Waals surface area contributed by atoms with Crippen LogP contribution in [0.5, 0.6) is 0 Å². The molecule has 1 aliphatic rings. The fraction of sp³-hybridized carbons (Fsp3) is 0.438. The van der Waals surface area contributed by atoms with Crippen molar-refractivity contribution in [1.29, 1.82) is 0 Å². The Bertz CT molecular complexity index is 800. The highest BCUT2D eigenvalue weighted by Crippen LogP contribution is 2.22. The first-order valence-corrected chi connectivity index (χ1v) is 9.42. The second kappa shape index (κ2) is 7.64. The molecule has 1 aromatic rings. The second-order valence-electron chi connectivity index (χ2n) is 5.43. The van der Waals surface area contributed by atoms with Crippen LogP contribution in [0.1, 0.15) is 26.3 Å². The van der Waals surface area contributed by atoms with Gasteiger partial charge in [0.2, 0.25) is 0 Å². The summed E-state index contributed by atoms with van der Waals surface area (Å²) < 4.78 is 31.3. The van der Waals surface area contributed by atoms with E-state index in [1.165, 1.54) is 13.0 Å². The first-order chi connectivity index (χ1) is 11.8. The molecule has 0 saturated carbocycles. The summed E-state index contributed by atoms with van der Waals surface area (Å²) in [5.41, 5.74) is 0.404. The molecule has 0 bridgehead atoms. The number of esters is 1. The van der Waals surface area contributed by atoms with E-state index in [-0.39, 0.29) is 23.2 Å². The molecule has 1 unspecified atom stereocenters. The average Bonchev–Trinajstić information content (AvgIpc) is 2.84. The zero-order chi connectivity index (χ0) is 18.6. The normalized spacial score (nSPS) is 17.5. The average molecular weight is 367 g/mol. The summed E-state index contributed by atoms with van der Waals surface area (Å²) in [6.07, 6.45) is 0. The highest BCUT2D eigenvalue weighted by molar-refractivity contribution is 7.90. The van der Waals surface area contributed by atoms with Crippen LogP contribution in [0, 0.1) is 0 Å². The minimum atomic E-state index is -3.66. The number of aliphatic imine (C=N–C) groups is 1. The predicted molar refractivity (Wildman–Crippen MR) is 91.6 cm³/mol. The molecule has 1 atom stereocenters. The third kappa shape index (κ3) is 4.16. The SMILES string of the molecule is CCN(CC)C(=O)COC(=O)C(C)N=C1NS(=O)(=O)c2ccccc21. The van der Waals surface area contributed by atoms with E-state index < -0.39 is 22.0 Å². The number of sulfonamides is 1. The molecule has 0 fully saturated rings. The van der Waals surface area contributed by atoms with Gasteiger partial charge in [-0.25, -0.2) is 13.2 Å². The Balaban J connectivity index is 2.07. The third-order valence-electron chi connectivity index (χ3n) is 3.78. The minimum absolute atomic E-state index is 0.0927. The lowest BCUT2D eigenvalue weighted by atomic mass is 10.2. The number of amidine groups is 1. The molecule has 0 aromatic heterocycles. The fourth-order valence-corrected chi connectivity index (χ4v) is 3.64. The van der Waals surface area contributed by atoms with E-state index in [9.17, 15) is 18.0 Å². The van der Waals surface area contributed by atoms with E-state index in [2.05, 4.69) is 9.71 Å². The van der Waals surface area contributed by atoms with Gasteiger partial charge in [0.25, 0.3) is 15.9 Å². The molecule has 8 nitrogen and oxygen atoms in total. The van der Waals surface area contributed by atoms with Crippen molar-refractivity contribution in [2.75, 3.05) is 19.7 Å². The molecule has 1 aliphatic heterocycles. The molecule has 1 heterocycles. The number of nitrogens with zero attached hydrogens (tertiary/aromatic N) is 2. The van der Waals surface area contributed by atoms with Crippen LogP contribution >= 0.6 is 0 Å². The van der Waals surface area contributed by atoms with E-state index in [4.69, 9.17) is 4.74 Å². The van der Waals surface area contributed by atoms with Crippen molar-refractivity contribution in [3.05, 3.63) is 29.8 Å². The first-order valence-electron chi connectivity index (χ1n) is 7.94. The molecule has 0 aliphatic carbocycles. The van der Waals surface area contributed by atoms with Gasteiger partial charge in [-0.1, -0.05) is 12.1 Å². The summed E-state index contributed by atoms with van der Waals surface area (Å²) in [5.74, 6) is -0.892. The van der Waals surface area contributed by atoms with Gasteiger partial charge in [-0.15, -0.1) is 0 Å². The third-order valence-corrected chi connectivity index (χ3v) is 5.18. The lowest BCUT2D eigenvalue weighted by Crippen LogP contribution is -2.35. The largest absolute Gasteiger partial charge is 0.454 e. The molecule has 25 heavy (non-hydrogen) atoms. The van der Waals surface area contributed by atoms with E-state index in [0.29, 0.717) is 18.7 Å². The van der Waals surface area contributed by atoms with Crippen molar-refractivity contribution >= 4 is 27.7 Å². The molecule has 9 heteroatoms. The van der Waals surface area contributed by atoms with Gasteiger partial charge in [0.15, 0.2) is 6.61 Å². The molecule has 2 rings (SSSR count). The van der Waals surface area contributed by atoms with Crippen molar-refractivity contribution < 1.29 is 22.7 Å². The molecule has 0 spiro atoms. The van der Waals surface area contributed by atoms with Crippen LogP contribution in [-0.4, -0.2) is 56.8 Å². The number of hydrogen-bond donors (Lipinski definition) is 1. The van der Waals surface area contributed by atoms with Gasteiger partial charge in [0, 0.05) is 18.7 Å². The Morgan fingerprint density at radius 1 is 1.24 bits per heavy atom. The quantitative estimate of drug-likeness (QED) is 0.738. The van der Waals surface area contributed by atoms with Crippen molar-refractivity contribution in [3.63, 3.8) is 0 Å². The van der Waals surface area contributed by atoms with Crippen LogP contribution in [0.15, 0.2) is 34.2 Å². The molecule has 1 amide bonds. The summed E-state index contributed by atoms with van der Waals surface area (Å²) >= 11 is 0. The summed E-state index contributed by atoms with van der Waals surface area (Å²) in [7, 11) is -3.66. The van der Waals surface area contributed by atoms with Crippen LogP contribution in [0.4, 0.5) is 0 Å². The number of hydrogen-bond acceptors (Lipinski definition) is 6. The molecular formula is C16H21N3O5S. The molecule has 1 N–H and O–H groups in total. The summed E-state index contributed by atoms with van der Waals surface area (Å²) in [6, 6.07) is 5.41. The number of amides is 1. The number of nitrogens with one attached hydrogen (secondary N) is 1. The number of fused-ring (bicyclic) bond motifs is 1. The highest BCUT2D eigenvalue weighted by atomic mass is 32.2. The standard InChI is InChI=1S/C16H21N3O5S/c1-4-19(5-2)14(20)10-24-16(21)11(3)17-15-12-8-6-7-9-13(12)25(22,23)18-15/h6-9,11H,4-5,10H2,1-3H3,(H,17,18). The van der Waals surface area contributed by atoms with Crippen molar-refractivity contribution in [3.8, 4) is 0 Å². The lowest BCUT2D eigenvalue weighted by Gasteiger charge is -2.18. The summed E-state index contributed by atoms with van der Waals surface area (Å²) in [6.45, 7) is 5.85. The molecule has 0 saturated heterocycles. The highest BCUT2D eigenvalue weighted by Gasteiger charge is 2.31. The zero-order valence-electron chi connectivity index (χ0n) is 14.4. The number of ether oxygens (including phenoxy) is 1. The monoisotopic (exact) mass is 367 g/mol. The van der Waals surface area contributed by atoms with Gasteiger partial charge >= 0.3 is 5.97 Å². The number of carbonyl (C=O) groups is 2. The zero-order valence-corrected chi connectivity index (χ0v) is 15.2. The first kappa shape index (κ1) is 18.9. The number of carbonyl (C=O) groups excluding carboxylic acids is 2. The van der Waals surface area contributed by atoms with Crippen molar-refractivity contribution in [2.24, 2.45) is 4.99 Å². The van der Waals surface area contributed by atoms with Gasteiger partial charge in [-0.3, -0.25) is 14.5 Å². The van der Waals surface area contributed by atoms with E-state index in [0.717, 1.165) is 0 Å². The Hall–Kier alpha value is -2.42. The Labute approximate surface area is 146 Å². The lowest BCUT2D eigenvalue weighted by molar-refractivity contribution is -0.152. The van der Waals surface area contributed by atoms with Crippen molar-refractivity contribution in [2.45, 2.75) is 31.7 Å². The molecule has 136 valence electrons. The fourth-order valence-electron chi connectivity index (χ4n) is 2.40. The summed E-state index contributed by atoms with van der Waals surface area (Å²) in [5, 5.41) is 0. The molecule has 1 aromatic carbocycles. The maximum atomic E-state index is 12.0. The number of likely N-dealkylation sites (N-methyl/N-ethyl adjacent to an activating group) is 1. The van der Waals surface area contributed by atoms with Crippen LogP contribution in [0.2, 0.25) is 0 Å². The van der Waals surface area contributed by atoms with E-state index >= 15 is 0 Å². The second-order valence-corrected chi connectivity index (χ2v) is 7.08. The maximum absolute atomic E-state index is 12.0. The smallest absolute Gasteiger partial charge is 0.331 e. The maximum Gasteiger partial charge on any atom is 0.331 e. The van der Waals surface area contributed by atoms with Gasteiger partial charge < -0.3 is 9.64 Å². The van der Waals surface area contributed by atoms with Crippen LogP contribution in [0.25, 0.3) is 0 Å². The van der Waals surface area contributed by atoms with E-state index in [1.807, 2.05) is 13.8 Å². The Morgan fingerprint density at radius 2 is 1.88 bits per heavy atom. The van der Waals surface area contributed by atoms with E-state index in [1.54, 1.807) is 23.1 Å². The summed E-state index contributed by atoms with van der Waals surface area (Å²) in [4.78, 5) is 29.6. The minimum Gasteiger partial charge on any atom is -0.454 e.